The van der Waals surface area contributed by atoms with Gasteiger partial charge in [0.25, 0.3) is 0 Å². The molecule has 2 heteroatoms. The minimum absolute atomic E-state index is 0.151. The molecule has 0 aromatic heterocycles. The molecule has 0 unspecified atom stereocenters. The van der Waals surface area contributed by atoms with Crippen LogP contribution >= 0.6 is 12.6 Å². The quantitative estimate of drug-likeness (QED) is 0.739. The van der Waals surface area contributed by atoms with Crippen LogP contribution in [-0.2, 0) is 11.2 Å². The van der Waals surface area contributed by atoms with Crippen molar-refractivity contribution in [2.75, 3.05) is 0 Å². The summed E-state index contributed by atoms with van der Waals surface area (Å²) in [6.45, 7) is 0. The number of hydrogen-bond acceptors (Lipinski definition) is 1. The first-order chi connectivity index (χ1) is 7.77. The van der Waals surface area contributed by atoms with Crippen molar-refractivity contribution in [3.05, 3.63) is 53.6 Å². The molecule has 2 aromatic carbocycles. The summed E-state index contributed by atoms with van der Waals surface area (Å²) in [6.07, 6.45) is 2.78. The fraction of sp³-hybridized carbons (Fsp3) is 0.0714. The minimum Gasteiger partial charge on any atom is -0.282 e. The number of carbonyl (C=O) groups is 1. The molecule has 1 aliphatic carbocycles. The van der Waals surface area contributed by atoms with Crippen molar-refractivity contribution in [3.8, 4) is 0 Å². The van der Waals surface area contributed by atoms with Gasteiger partial charge < -0.3 is 0 Å². The van der Waals surface area contributed by atoms with Crippen molar-refractivity contribution >= 4 is 34.1 Å². The second-order valence-corrected chi connectivity index (χ2v) is 4.35. The van der Waals surface area contributed by atoms with Crippen molar-refractivity contribution in [1.29, 1.82) is 0 Å². The van der Waals surface area contributed by atoms with Crippen LogP contribution in [0.25, 0.3) is 16.3 Å². The van der Waals surface area contributed by atoms with Crippen molar-refractivity contribution in [3.63, 3.8) is 0 Å². The van der Waals surface area contributed by atoms with Crippen LogP contribution in [0.3, 0.4) is 0 Å². The molecule has 16 heavy (non-hydrogen) atoms. The van der Waals surface area contributed by atoms with E-state index in [0.29, 0.717) is 0 Å². The average molecular weight is 226 g/mol. The first-order valence-corrected chi connectivity index (χ1v) is 5.66. The average Bonchev–Trinajstić information content (AvgIpc) is 2.30. The van der Waals surface area contributed by atoms with E-state index in [4.69, 9.17) is 0 Å². The van der Waals surface area contributed by atoms with Crippen LogP contribution in [0, 0.1) is 0 Å². The van der Waals surface area contributed by atoms with Gasteiger partial charge in [0.2, 0.25) is 5.12 Å². The van der Waals surface area contributed by atoms with E-state index in [1.807, 2.05) is 18.2 Å². The molecule has 1 aliphatic rings. The highest BCUT2D eigenvalue weighted by Gasteiger charge is 2.17. The summed E-state index contributed by atoms with van der Waals surface area (Å²) in [6, 6.07) is 12.3. The van der Waals surface area contributed by atoms with Crippen molar-refractivity contribution in [2.45, 2.75) is 6.42 Å². The van der Waals surface area contributed by atoms with Crippen LogP contribution in [-0.4, -0.2) is 5.12 Å². The third-order valence-corrected chi connectivity index (χ3v) is 3.28. The van der Waals surface area contributed by atoms with Crippen LogP contribution in [0.1, 0.15) is 11.1 Å². The number of rotatable bonds is 1. The summed E-state index contributed by atoms with van der Waals surface area (Å²) < 4.78 is 0. The maximum Gasteiger partial charge on any atom is 0.216 e. The Morgan fingerprint density at radius 2 is 1.88 bits per heavy atom. The standard InChI is InChI=1S/C14H10OS/c15-14(16)12-8-7-10-4-1-3-9-5-2-6-11(12)13(9)10/h1-6,8H,7H2,(H,15,16). The van der Waals surface area contributed by atoms with E-state index in [1.165, 1.54) is 16.3 Å². The normalized spacial score (nSPS) is 13.7. The van der Waals surface area contributed by atoms with Gasteiger partial charge in [-0.25, -0.2) is 0 Å². The zero-order valence-corrected chi connectivity index (χ0v) is 9.50. The highest BCUT2D eigenvalue weighted by atomic mass is 32.1. The monoisotopic (exact) mass is 226 g/mol. The second-order valence-electron chi connectivity index (χ2n) is 3.95. The number of benzene rings is 2. The maximum atomic E-state index is 11.4. The Hall–Kier alpha value is -1.54. The Morgan fingerprint density at radius 1 is 1.12 bits per heavy atom. The van der Waals surface area contributed by atoms with Gasteiger partial charge in [-0.05, 0) is 28.3 Å². The molecule has 0 spiro atoms. The summed E-state index contributed by atoms with van der Waals surface area (Å²) >= 11 is 3.93. The van der Waals surface area contributed by atoms with Gasteiger partial charge in [0, 0.05) is 5.57 Å². The second kappa shape index (κ2) is 3.49. The summed E-state index contributed by atoms with van der Waals surface area (Å²) in [5, 5.41) is 2.24. The molecular formula is C14H10OS. The van der Waals surface area contributed by atoms with Gasteiger partial charge in [0.15, 0.2) is 0 Å². The fourth-order valence-electron chi connectivity index (χ4n) is 2.34. The van der Waals surface area contributed by atoms with E-state index < -0.39 is 0 Å². The zero-order chi connectivity index (χ0) is 11.1. The molecule has 0 amide bonds. The predicted molar refractivity (Wildman–Crippen MR) is 69.6 cm³/mol. The van der Waals surface area contributed by atoms with Gasteiger partial charge in [0.05, 0.1) is 0 Å². The van der Waals surface area contributed by atoms with Gasteiger partial charge in [-0.15, -0.1) is 12.6 Å². The molecule has 0 radical (unpaired) electrons. The SMILES string of the molecule is O=C(S)C1=CCc2cccc3cccc1c23. The fourth-order valence-corrected chi connectivity index (χ4v) is 2.55. The van der Waals surface area contributed by atoms with Crippen LogP contribution in [0.15, 0.2) is 42.5 Å². The summed E-state index contributed by atoms with van der Waals surface area (Å²) in [4.78, 5) is 11.4. The van der Waals surface area contributed by atoms with Crippen LogP contribution < -0.4 is 0 Å². The molecule has 3 rings (SSSR count). The number of hydrogen-bond donors (Lipinski definition) is 1. The molecule has 0 saturated carbocycles. The van der Waals surface area contributed by atoms with Gasteiger partial charge in [-0.3, -0.25) is 4.79 Å². The molecule has 0 aliphatic heterocycles. The smallest absolute Gasteiger partial charge is 0.216 e. The third-order valence-electron chi connectivity index (χ3n) is 3.04. The summed E-state index contributed by atoms with van der Waals surface area (Å²) in [7, 11) is 0. The summed E-state index contributed by atoms with van der Waals surface area (Å²) in [5.41, 5.74) is 3.03. The van der Waals surface area contributed by atoms with E-state index in [9.17, 15) is 4.79 Å². The number of thiol groups is 1. The highest BCUT2D eigenvalue weighted by molar-refractivity contribution is 7.98. The Kier molecular flexibility index (Phi) is 2.11. The van der Waals surface area contributed by atoms with E-state index in [0.717, 1.165) is 17.6 Å². The van der Waals surface area contributed by atoms with Crippen LogP contribution in [0.5, 0.6) is 0 Å². The van der Waals surface area contributed by atoms with Crippen molar-refractivity contribution in [1.82, 2.24) is 0 Å². The molecule has 0 heterocycles. The third kappa shape index (κ3) is 1.30. The van der Waals surface area contributed by atoms with Gasteiger partial charge in [-0.2, -0.15) is 0 Å². The molecule has 78 valence electrons. The van der Waals surface area contributed by atoms with E-state index in [-0.39, 0.29) is 5.12 Å². The molecular weight excluding hydrogens is 216 g/mol. The lowest BCUT2D eigenvalue weighted by atomic mass is 9.89. The molecule has 0 fully saturated rings. The molecule has 1 nitrogen and oxygen atoms in total. The predicted octanol–water partition coefficient (Wildman–Crippen LogP) is 3.24. The van der Waals surface area contributed by atoms with Crippen LogP contribution in [0.4, 0.5) is 0 Å². The lowest BCUT2D eigenvalue weighted by Gasteiger charge is -2.16. The van der Waals surface area contributed by atoms with Crippen molar-refractivity contribution < 1.29 is 4.79 Å². The van der Waals surface area contributed by atoms with Gasteiger partial charge in [-0.1, -0.05) is 42.5 Å². The Bertz CT molecular complexity index is 620. The Morgan fingerprint density at radius 3 is 2.62 bits per heavy atom. The molecule has 0 atom stereocenters. The molecule has 0 N–H and O–H groups in total. The van der Waals surface area contributed by atoms with E-state index in [1.54, 1.807) is 0 Å². The summed E-state index contributed by atoms with van der Waals surface area (Å²) in [5.74, 6) is 0. The van der Waals surface area contributed by atoms with Gasteiger partial charge in [0.1, 0.15) is 0 Å². The number of allylic oxidation sites excluding steroid dienone is 1. The van der Waals surface area contributed by atoms with E-state index >= 15 is 0 Å². The Balaban J connectivity index is 2.41. The zero-order valence-electron chi connectivity index (χ0n) is 8.60. The molecule has 2 aromatic rings. The van der Waals surface area contributed by atoms with Crippen LogP contribution in [0.2, 0.25) is 0 Å². The Labute approximate surface area is 99.2 Å². The highest BCUT2D eigenvalue weighted by Crippen LogP contribution is 2.33. The topological polar surface area (TPSA) is 17.1 Å². The first kappa shape index (κ1) is 9.67. The largest absolute Gasteiger partial charge is 0.282 e. The number of carbonyl (C=O) groups excluding carboxylic acids is 1. The minimum atomic E-state index is -0.151. The van der Waals surface area contributed by atoms with E-state index in [2.05, 4.69) is 36.9 Å². The van der Waals surface area contributed by atoms with Gasteiger partial charge >= 0.3 is 0 Å². The first-order valence-electron chi connectivity index (χ1n) is 5.22. The maximum absolute atomic E-state index is 11.4. The lowest BCUT2D eigenvalue weighted by Crippen LogP contribution is -2.02. The molecule has 0 bridgehead atoms. The van der Waals surface area contributed by atoms with Crippen molar-refractivity contribution in [2.24, 2.45) is 0 Å². The molecule has 0 saturated heterocycles. The lowest BCUT2D eigenvalue weighted by molar-refractivity contribution is -0.106.